The van der Waals surface area contributed by atoms with Crippen molar-refractivity contribution in [2.45, 2.75) is 167 Å². The summed E-state index contributed by atoms with van der Waals surface area (Å²) in [5.41, 5.74) is 0. The molecule has 0 heterocycles. The lowest BCUT2D eigenvalue weighted by atomic mass is 10.0. The molecule has 4 heteroatoms. The van der Waals surface area contributed by atoms with Crippen molar-refractivity contribution in [1.82, 2.24) is 5.32 Å². The maximum absolute atomic E-state index is 11.0. The Bertz CT molecular complexity index is 389. The third kappa shape index (κ3) is 22.6. The van der Waals surface area contributed by atoms with Gasteiger partial charge in [-0.15, -0.1) is 0 Å². The van der Waals surface area contributed by atoms with Crippen LogP contribution in [0.25, 0.3) is 0 Å². The molecule has 0 aliphatic heterocycles. The maximum atomic E-state index is 11.0. The molecule has 3 N–H and O–H groups in total. The Morgan fingerprint density at radius 3 is 1.22 bits per heavy atom. The summed E-state index contributed by atoms with van der Waals surface area (Å²) in [5, 5.41) is 21.9. The van der Waals surface area contributed by atoms with Gasteiger partial charge in [0.05, 0.1) is 18.8 Å². The van der Waals surface area contributed by atoms with Crippen LogP contribution in [0.4, 0.5) is 0 Å². The summed E-state index contributed by atoms with van der Waals surface area (Å²) < 4.78 is 0. The largest absolute Gasteiger partial charge is 0.394 e. The van der Waals surface area contributed by atoms with E-state index in [1.54, 1.807) is 0 Å². The van der Waals surface area contributed by atoms with Crippen LogP contribution in [0.1, 0.15) is 155 Å². The van der Waals surface area contributed by atoms with Crippen LogP contribution in [0.15, 0.2) is 0 Å². The number of unbranched alkanes of at least 4 members (excludes halogenated alkanes) is 20. The molecule has 32 heavy (non-hydrogen) atoms. The van der Waals surface area contributed by atoms with Gasteiger partial charge >= 0.3 is 0 Å². The number of nitrogens with one attached hydrogen (secondary N) is 1. The standard InChI is InChI=1S/C28H57NO3/c1-3-4-5-6-7-8-9-10-11-12-13-14-15-16-17-18-19-20-21-22-23-24-28(32)27(25-30)29-26(2)31/h27-28,30,32H,3-25H2,1-2H3,(H,29,31). The van der Waals surface area contributed by atoms with E-state index < -0.39 is 12.1 Å². The van der Waals surface area contributed by atoms with Crippen molar-refractivity contribution in [2.75, 3.05) is 6.61 Å². The fourth-order valence-electron chi connectivity index (χ4n) is 4.51. The Kier molecular flexibility index (Phi) is 24.5. The second-order valence-electron chi connectivity index (χ2n) is 9.92. The van der Waals surface area contributed by atoms with Crippen molar-refractivity contribution < 1.29 is 15.0 Å². The maximum Gasteiger partial charge on any atom is 0.217 e. The molecule has 4 nitrogen and oxygen atoms in total. The molecule has 0 spiro atoms. The van der Waals surface area contributed by atoms with E-state index in [2.05, 4.69) is 12.2 Å². The van der Waals surface area contributed by atoms with Crippen molar-refractivity contribution in [1.29, 1.82) is 0 Å². The third-order valence-corrected chi connectivity index (χ3v) is 6.65. The molecule has 0 saturated carbocycles. The summed E-state index contributed by atoms with van der Waals surface area (Å²) in [4.78, 5) is 11.0. The highest BCUT2D eigenvalue weighted by molar-refractivity contribution is 5.73. The zero-order valence-electron chi connectivity index (χ0n) is 21.7. The topological polar surface area (TPSA) is 69.6 Å². The van der Waals surface area contributed by atoms with Crippen LogP contribution in [0.5, 0.6) is 0 Å². The number of rotatable bonds is 25. The minimum absolute atomic E-state index is 0.207. The van der Waals surface area contributed by atoms with E-state index in [9.17, 15) is 15.0 Å². The SMILES string of the molecule is CCCCCCCCCCCCCCCCCCCCCCCC(O)C(CO)NC(C)=O. The lowest BCUT2D eigenvalue weighted by molar-refractivity contribution is -0.121. The van der Waals surface area contributed by atoms with E-state index >= 15 is 0 Å². The Morgan fingerprint density at radius 2 is 0.938 bits per heavy atom. The molecule has 1 amide bonds. The molecule has 0 aromatic rings. The molecule has 0 rings (SSSR count). The molecule has 2 unspecified atom stereocenters. The van der Waals surface area contributed by atoms with Crippen LogP contribution in [-0.2, 0) is 4.79 Å². The fourth-order valence-corrected chi connectivity index (χ4v) is 4.51. The van der Waals surface area contributed by atoms with Crippen molar-refractivity contribution in [3.63, 3.8) is 0 Å². The first-order chi connectivity index (χ1) is 15.6. The molecule has 0 saturated heterocycles. The highest BCUT2D eigenvalue weighted by Crippen LogP contribution is 2.15. The van der Waals surface area contributed by atoms with Crippen molar-refractivity contribution >= 4 is 5.91 Å². The van der Waals surface area contributed by atoms with Gasteiger partial charge in [-0.3, -0.25) is 4.79 Å². The van der Waals surface area contributed by atoms with Crippen LogP contribution in [0, 0.1) is 0 Å². The summed E-state index contributed by atoms with van der Waals surface area (Å²) in [6, 6.07) is -0.530. The van der Waals surface area contributed by atoms with Crippen LogP contribution in [-0.4, -0.2) is 34.9 Å². The number of hydrogen-bond acceptors (Lipinski definition) is 3. The van der Waals surface area contributed by atoms with E-state index in [0.717, 1.165) is 12.8 Å². The van der Waals surface area contributed by atoms with E-state index in [4.69, 9.17) is 0 Å². The highest BCUT2D eigenvalue weighted by atomic mass is 16.3. The van der Waals surface area contributed by atoms with Gasteiger partial charge in [-0.05, 0) is 6.42 Å². The molecule has 0 aromatic heterocycles. The van der Waals surface area contributed by atoms with Crippen LogP contribution in [0.2, 0.25) is 0 Å². The zero-order valence-corrected chi connectivity index (χ0v) is 21.7. The molecule has 0 fully saturated rings. The molecule has 0 aromatic carbocycles. The Hall–Kier alpha value is -0.610. The van der Waals surface area contributed by atoms with Gasteiger partial charge < -0.3 is 15.5 Å². The van der Waals surface area contributed by atoms with Gasteiger partial charge in [-0.2, -0.15) is 0 Å². The average Bonchev–Trinajstić information content (AvgIpc) is 2.78. The van der Waals surface area contributed by atoms with Crippen molar-refractivity contribution in [2.24, 2.45) is 0 Å². The second-order valence-corrected chi connectivity index (χ2v) is 9.92. The van der Waals surface area contributed by atoms with Crippen molar-refractivity contribution in [3.05, 3.63) is 0 Å². The van der Waals surface area contributed by atoms with Crippen molar-refractivity contribution in [3.8, 4) is 0 Å². The normalized spacial score (nSPS) is 13.2. The van der Waals surface area contributed by atoms with Gasteiger partial charge in [0.15, 0.2) is 0 Å². The quantitative estimate of drug-likeness (QED) is 0.125. The zero-order chi connectivity index (χ0) is 23.7. The second kappa shape index (κ2) is 25.0. The van der Waals surface area contributed by atoms with Gasteiger partial charge in [-0.1, -0.05) is 142 Å². The average molecular weight is 456 g/mol. The van der Waals surface area contributed by atoms with E-state index in [-0.39, 0.29) is 12.5 Å². The molecule has 2 atom stereocenters. The summed E-state index contributed by atoms with van der Waals surface area (Å²) >= 11 is 0. The van der Waals surface area contributed by atoms with Crippen LogP contribution >= 0.6 is 0 Å². The summed E-state index contributed by atoms with van der Waals surface area (Å²) in [6.07, 6.45) is 28.6. The first-order valence-electron chi connectivity index (χ1n) is 14.2. The number of carbonyl (C=O) groups excluding carboxylic acids is 1. The first-order valence-corrected chi connectivity index (χ1v) is 14.2. The molecular weight excluding hydrogens is 398 g/mol. The first kappa shape index (κ1) is 31.4. The molecule has 0 radical (unpaired) electrons. The predicted molar refractivity (Wildman–Crippen MR) is 138 cm³/mol. The lowest BCUT2D eigenvalue weighted by Gasteiger charge is -2.21. The van der Waals surface area contributed by atoms with E-state index in [0.29, 0.717) is 6.42 Å². The molecule has 192 valence electrons. The number of hydrogen-bond donors (Lipinski definition) is 3. The lowest BCUT2D eigenvalue weighted by Crippen LogP contribution is -2.44. The Balaban J connectivity index is 3.21. The van der Waals surface area contributed by atoms with Gasteiger partial charge in [0.25, 0.3) is 0 Å². The van der Waals surface area contributed by atoms with Crippen LogP contribution in [0.3, 0.4) is 0 Å². The number of aliphatic hydroxyl groups is 2. The smallest absolute Gasteiger partial charge is 0.217 e. The minimum Gasteiger partial charge on any atom is -0.394 e. The number of amides is 1. The highest BCUT2D eigenvalue weighted by Gasteiger charge is 2.18. The molecule has 0 aliphatic carbocycles. The minimum atomic E-state index is -0.649. The van der Waals surface area contributed by atoms with Gasteiger partial charge in [0, 0.05) is 6.92 Å². The van der Waals surface area contributed by atoms with Gasteiger partial charge in [0.2, 0.25) is 5.91 Å². The van der Waals surface area contributed by atoms with E-state index in [1.165, 1.54) is 129 Å². The predicted octanol–water partition coefficient (Wildman–Crippen LogP) is 7.45. The molecule has 0 aliphatic rings. The van der Waals surface area contributed by atoms with Crippen LogP contribution < -0.4 is 5.32 Å². The third-order valence-electron chi connectivity index (χ3n) is 6.65. The van der Waals surface area contributed by atoms with Gasteiger partial charge in [0.1, 0.15) is 0 Å². The number of carbonyl (C=O) groups is 1. The number of aliphatic hydroxyl groups excluding tert-OH is 2. The Morgan fingerprint density at radius 1 is 0.625 bits per heavy atom. The van der Waals surface area contributed by atoms with Gasteiger partial charge in [-0.25, -0.2) is 0 Å². The molecule has 0 bridgehead atoms. The van der Waals surface area contributed by atoms with E-state index in [1.807, 2.05) is 0 Å². The summed E-state index contributed by atoms with van der Waals surface area (Å²) in [7, 11) is 0. The monoisotopic (exact) mass is 455 g/mol. The summed E-state index contributed by atoms with van der Waals surface area (Å²) in [5.74, 6) is -0.207. The molecular formula is C28H57NO3. The fraction of sp³-hybridized carbons (Fsp3) is 0.964. The Labute approximate surface area is 200 Å². The summed E-state index contributed by atoms with van der Waals surface area (Å²) in [6.45, 7) is 3.49.